The summed E-state index contributed by atoms with van der Waals surface area (Å²) in [6.45, 7) is 1.18. The number of β-lactam (4-membered cyclic amide) rings is 1. The number of carboxylic acids is 1. The van der Waals surface area contributed by atoms with Crippen molar-refractivity contribution in [2.24, 2.45) is 0 Å². The maximum atomic E-state index is 11.7. The van der Waals surface area contributed by atoms with Crippen LogP contribution in [0, 0.1) is 0 Å². The fourth-order valence-corrected chi connectivity index (χ4v) is 4.28. The monoisotopic (exact) mass is 383 g/mol. The van der Waals surface area contributed by atoms with Crippen molar-refractivity contribution in [2.45, 2.75) is 16.2 Å². The molecule has 2 atom stereocenters. The van der Waals surface area contributed by atoms with E-state index in [1.807, 2.05) is 22.6 Å². The summed E-state index contributed by atoms with van der Waals surface area (Å²) < 4.78 is 4.64. The van der Waals surface area contributed by atoms with Crippen LogP contribution in [0.4, 0.5) is 0 Å². The number of carbonyl (C=O) groups is 3. The zero-order chi connectivity index (χ0) is 13.4. The molecule has 0 aromatic heterocycles. The zero-order valence-corrected chi connectivity index (χ0v) is 12.4. The summed E-state index contributed by atoms with van der Waals surface area (Å²) >= 11 is 3.50. The van der Waals surface area contributed by atoms with Crippen molar-refractivity contribution in [1.82, 2.24) is 4.90 Å². The van der Waals surface area contributed by atoms with Crippen molar-refractivity contribution in [1.29, 1.82) is 0 Å². The third kappa shape index (κ3) is 2.22. The van der Waals surface area contributed by atoms with Gasteiger partial charge < -0.3 is 9.84 Å². The third-order valence-electron chi connectivity index (χ3n) is 2.63. The minimum Gasteiger partial charge on any atom is -0.477 e. The van der Waals surface area contributed by atoms with Crippen molar-refractivity contribution in [3.05, 3.63) is 11.3 Å². The van der Waals surface area contributed by atoms with E-state index in [1.165, 1.54) is 23.6 Å². The van der Waals surface area contributed by atoms with Gasteiger partial charge in [-0.3, -0.25) is 14.5 Å². The number of rotatable bonds is 3. The van der Waals surface area contributed by atoms with Gasteiger partial charge in [-0.25, -0.2) is 4.79 Å². The quantitative estimate of drug-likeness (QED) is 0.333. The number of carbonyl (C=O) groups excluding carboxylic acids is 2. The normalized spacial score (nSPS) is 26.6. The lowest BCUT2D eigenvalue weighted by Gasteiger charge is -2.47. The molecular formula is C10H10INO5S. The van der Waals surface area contributed by atoms with E-state index in [0.717, 1.165) is 0 Å². The lowest BCUT2D eigenvalue weighted by atomic mass is 10.1. The van der Waals surface area contributed by atoms with Gasteiger partial charge in [0.25, 0.3) is 0 Å². The van der Waals surface area contributed by atoms with E-state index in [9.17, 15) is 19.5 Å². The Morgan fingerprint density at radius 2 is 2.28 bits per heavy atom. The van der Waals surface area contributed by atoms with Crippen LogP contribution in [0.3, 0.4) is 0 Å². The molecule has 0 saturated carbocycles. The van der Waals surface area contributed by atoms with Gasteiger partial charge in [0.2, 0.25) is 5.91 Å². The molecule has 8 heteroatoms. The molecule has 1 N–H and O–H groups in total. The Bertz CT molecular complexity index is 463. The lowest BCUT2D eigenvalue weighted by Crippen LogP contribution is -2.62. The number of hydrogen-bond donors (Lipinski definition) is 1. The van der Waals surface area contributed by atoms with Gasteiger partial charge in [-0.2, -0.15) is 0 Å². The Morgan fingerprint density at radius 3 is 2.83 bits per heavy atom. The first-order chi connectivity index (χ1) is 8.43. The molecule has 2 rings (SSSR count). The third-order valence-corrected chi connectivity index (χ3v) is 5.68. The molecule has 2 heterocycles. The fourth-order valence-electron chi connectivity index (χ4n) is 1.80. The van der Waals surface area contributed by atoms with Crippen molar-refractivity contribution in [3.63, 3.8) is 0 Å². The number of hydrogen-bond acceptors (Lipinski definition) is 5. The van der Waals surface area contributed by atoms with Crippen LogP contribution in [0.1, 0.15) is 6.92 Å². The van der Waals surface area contributed by atoms with Crippen LogP contribution >= 0.6 is 34.4 Å². The summed E-state index contributed by atoms with van der Waals surface area (Å²) in [4.78, 5) is 35.0. The second-order valence-corrected chi connectivity index (χ2v) is 6.30. The lowest BCUT2D eigenvalue weighted by molar-refractivity contribution is -0.145. The molecule has 0 aliphatic carbocycles. The SMILES string of the molecule is CC(=O)OCC1=C(C(=O)O)N2C(=O)C(I)C2SC1. The van der Waals surface area contributed by atoms with Crippen LogP contribution < -0.4 is 0 Å². The van der Waals surface area contributed by atoms with Crippen LogP contribution in [0.2, 0.25) is 0 Å². The number of ether oxygens (including phenoxy) is 1. The molecule has 0 spiro atoms. The van der Waals surface area contributed by atoms with Gasteiger partial charge in [0.1, 0.15) is 21.6 Å². The highest BCUT2D eigenvalue weighted by atomic mass is 127. The van der Waals surface area contributed by atoms with Crippen LogP contribution in [0.25, 0.3) is 0 Å². The zero-order valence-electron chi connectivity index (χ0n) is 9.38. The van der Waals surface area contributed by atoms with Crippen molar-refractivity contribution < 1.29 is 24.2 Å². The van der Waals surface area contributed by atoms with E-state index < -0.39 is 11.9 Å². The molecule has 2 aliphatic heterocycles. The highest BCUT2D eigenvalue weighted by molar-refractivity contribution is 14.1. The first kappa shape index (κ1) is 13.7. The number of thioether (sulfide) groups is 1. The first-order valence-electron chi connectivity index (χ1n) is 5.11. The second kappa shape index (κ2) is 5.08. The van der Waals surface area contributed by atoms with Gasteiger partial charge in [0, 0.05) is 18.2 Å². The molecule has 98 valence electrons. The largest absolute Gasteiger partial charge is 0.477 e. The van der Waals surface area contributed by atoms with Gasteiger partial charge in [-0.15, -0.1) is 11.8 Å². The average molecular weight is 383 g/mol. The minimum absolute atomic E-state index is 0.0297. The molecule has 6 nitrogen and oxygen atoms in total. The van der Waals surface area contributed by atoms with Gasteiger partial charge in [-0.1, -0.05) is 22.6 Å². The van der Waals surface area contributed by atoms with Crippen LogP contribution in [-0.4, -0.2) is 49.5 Å². The van der Waals surface area contributed by atoms with E-state index in [0.29, 0.717) is 11.3 Å². The molecule has 0 aromatic carbocycles. The Morgan fingerprint density at radius 1 is 1.61 bits per heavy atom. The summed E-state index contributed by atoms with van der Waals surface area (Å²) in [7, 11) is 0. The predicted octanol–water partition coefficient (Wildman–Crippen LogP) is 0.607. The molecular weight excluding hydrogens is 373 g/mol. The number of aliphatic carboxylic acids is 1. The first-order valence-corrected chi connectivity index (χ1v) is 7.40. The minimum atomic E-state index is -1.15. The average Bonchev–Trinajstić information content (AvgIpc) is 2.33. The Kier molecular flexibility index (Phi) is 3.85. The highest BCUT2D eigenvalue weighted by Crippen LogP contribution is 2.43. The summed E-state index contributed by atoms with van der Waals surface area (Å²) in [6, 6.07) is 0. The van der Waals surface area contributed by atoms with Crippen LogP contribution in [-0.2, 0) is 19.1 Å². The molecule has 2 unspecified atom stereocenters. The molecule has 18 heavy (non-hydrogen) atoms. The highest BCUT2D eigenvalue weighted by Gasteiger charge is 2.52. The molecule has 0 radical (unpaired) electrons. The maximum Gasteiger partial charge on any atom is 0.352 e. The topological polar surface area (TPSA) is 83.9 Å². The number of carboxylic acid groups (broad SMARTS) is 1. The van der Waals surface area contributed by atoms with Gasteiger partial charge in [0.05, 0.1) is 0 Å². The Labute approximate surface area is 121 Å². The van der Waals surface area contributed by atoms with E-state index in [4.69, 9.17) is 4.74 Å². The molecule has 0 aromatic rings. The van der Waals surface area contributed by atoms with Crippen molar-refractivity contribution in [2.75, 3.05) is 12.4 Å². The standard InChI is InChI=1S/C10H10INO5S/c1-4(13)17-2-5-3-18-9-6(11)8(14)12(9)7(5)10(15)16/h6,9H,2-3H2,1H3,(H,15,16). The van der Waals surface area contributed by atoms with Crippen LogP contribution in [0.15, 0.2) is 11.3 Å². The van der Waals surface area contributed by atoms with Crippen LogP contribution in [0.5, 0.6) is 0 Å². The number of fused-ring (bicyclic) bond motifs is 1. The Balaban J connectivity index is 2.26. The molecule has 2 aliphatic rings. The second-order valence-electron chi connectivity index (χ2n) is 3.85. The van der Waals surface area contributed by atoms with Crippen molar-refractivity contribution in [3.8, 4) is 0 Å². The summed E-state index contributed by atoms with van der Waals surface area (Å²) in [5, 5.41) is 9.08. The van der Waals surface area contributed by atoms with Gasteiger partial charge in [-0.05, 0) is 0 Å². The number of esters is 1. The summed E-state index contributed by atoms with van der Waals surface area (Å²) in [6.07, 6.45) is 0. The molecule has 1 saturated heterocycles. The number of halogens is 1. The summed E-state index contributed by atoms with van der Waals surface area (Å²) in [5.74, 6) is -1.37. The smallest absolute Gasteiger partial charge is 0.352 e. The van der Waals surface area contributed by atoms with Crippen molar-refractivity contribution >= 4 is 52.2 Å². The maximum absolute atomic E-state index is 11.7. The summed E-state index contributed by atoms with van der Waals surface area (Å²) in [5.41, 5.74) is 0.438. The van der Waals surface area contributed by atoms with Gasteiger partial charge in [0.15, 0.2) is 0 Å². The van der Waals surface area contributed by atoms with E-state index in [1.54, 1.807) is 0 Å². The van der Waals surface area contributed by atoms with E-state index >= 15 is 0 Å². The molecule has 1 fully saturated rings. The van der Waals surface area contributed by atoms with Gasteiger partial charge >= 0.3 is 11.9 Å². The number of nitrogens with zero attached hydrogens (tertiary/aromatic N) is 1. The molecule has 0 bridgehead atoms. The fraction of sp³-hybridized carbons (Fsp3) is 0.500. The van der Waals surface area contributed by atoms with E-state index in [2.05, 4.69) is 0 Å². The predicted molar refractivity (Wildman–Crippen MR) is 72.2 cm³/mol. The number of alkyl halides is 1. The molecule has 1 amide bonds. The van der Waals surface area contributed by atoms with E-state index in [-0.39, 0.29) is 27.5 Å². The number of amides is 1. The Hall–Kier alpha value is -0.770.